The summed E-state index contributed by atoms with van der Waals surface area (Å²) in [5, 5.41) is 7.51. The molecule has 2 aromatic heterocycles. The third-order valence-corrected chi connectivity index (χ3v) is 2.47. The summed E-state index contributed by atoms with van der Waals surface area (Å²) >= 11 is 0. The molecular weight excluding hydrogens is 202 g/mol. The molecule has 0 unspecified atom stereocenters. The zero-order chi connectivity index (χ0) is 11.4. The van der Waals surface area contributed by atoms with Gasteiger partial charge in [0.1, 0.15) is 12.1 Å². The van der Waals surface area contributed by atoms with Gasteiger partial charge < -0.3 is 5.32 Å². The summed E-state index contributed by atoms with van der Waals surface area (Å²) in [4.78, 5) is 8.38. The molecule has 0 atom stereocenters. The van der Waals surface area contributed by atoms with Crippen LogP contribution in [0.3, 0.4) is 0 Å². The highest BCUT2D eigenvalue weighted by Crippen LogP contribution is 2.10. The fourth-order valence-corrected chi connectivity index (χ4v) is 1.65. The van der Waals surface area contributed by atoms with Gasteiger partial charge >= 0.3 is 0 Å². The van der Waals surface area contributed by atoms with E-state index in [2.05, 4.69) is 27.3 Å². The molecule has 0 saturated carbocycles. The fraction of sp³-hybridized carbons (Fsp3) is 0.545. The molecule has 2 rings (SSSR count). The molecule has 2 aromatic rings. The molecule has 2 heterocycles. The number of fused-ring (bicyclic) bond motifs is 1. The van der Waals surface area contributed by atoms with Gasteiger partial charge in [0.05, 0.1) is 0 Å². The van der Waals surface area contributed by atoms with Crippen LogP contribution in [0.25, 0.3) is 5.78 Å². The van der Waals surface area contributed by atoms with E-state index in [1.54, 1.807) is 4.52 Å². The Labute approximate surface area is 94.9 Å². The number of nitrogens with one attached hydrogen (secondary N) is 1. The number of hydrogen-bond donors (Lipinski definition) is 1. The molecule has 0 aliphatic carbocycles. The van der Waals surface area contributed by atoms with E-state index >= 15 is 0 Å². The van der Waals surface area contributed by atoms with Crippen LogP contribution in [0.4, 0.5) is 5.82 Å². The Morgan fingerprint density at radius 1 is 1.38 bits per heavy atom. The summed E-state index contributed by atoms with van der Waals surface area (Å²) in [7, 11) is 0. The number of hydrogen-bond acceptors (Lipinski definition) is 4. The molecule has 0 spiro atoms. The largest absolute Gasteiger partial charge is 0.370 e. The smallest absolute Gasteiger partial charge is 0.254 e. The highest BCUT2D eigenvalue weighted by Gasteiger charge is 2.04. The molecule has 1 N–H and O–H groups in total. The zero-order valence-electron chi connectivity index (χ0n) is 9.77. The average Bonchev–Trinajstić information content (AvgIpc) is 2.72. The molecule has 0 aliphatic heterocycles. The van der Waals surface area contributed by atoms with Crippen LogP contribution in [0, 0.1) is 6.92 Å². The van der Waals surface area contributed by atoms with Gasteiger partial charge in [-0.1, -0.05) is 19.8 Å². The van der Waals surface area contributed by atoms with Crippen molar-refractivity contribution in [1.29, 1.82) is 0 Å². The minimum absolute atomic E-state index is 0.651. The van der Waals surface area contributed by atoms with Gasteiger partial charge in [-0.3, -0.25) is 0 Å². The predicted molar refractivity (Wildman–Crippen MR) is 63.5 cm³/mol. The highest BCUT2D eigenvalue weighted by molar-refractivity contribution is 5.44. The molecule has 0 aromatic carbocycles. The van der Waals surface area contributed by atoms with Crippen molar-refractivity contribution < 1.29 is 0 Å². The lowest BCUT2D eigenvalue weighted by molar-refractivity contribution is 0.739. The topological polar surface area (TPSA) is 55.1 Å². The molecule has 0 aliphatic rings. The average molecular weight is 219 g/mol. The van der Waals surface area contributed by atoms with Crippen LogP contribution in [-0.2, 0) is 0 Å². The molecule has 0 radical (unpaired) electrons. The Hall–Kier alpha value is -1.65. The second-order valence-electron chi connectivity index (χ2n) is 3.89. The van der Waals surface area contributed by atoms with Gasteiger partial charge in [-0.25, -0.2) is 4.98 Å². The van der Waals surface area contributed by atoms with Crippen molar-refractivity contribution in [2.24, 2.45) is 0 Å². The molecule has 0 saturated heterocycles. The Balaban J connectivity index is 2.12. The number of unbranched alkanes of at least 4 members (excludes halogenated alkanes) is 2. The maximum atomic E-state index is 4.29. The number of aryl methyl sites for hydroxylation is 1. The van der Waals surface area contributed by atoms with Gasteiger partial charge in [0.25, 0.3) is 5.78 Å². The third-order valence-electron chi connectivity index (χ3n) is 2.47. The van der Waals surface area contributed by atoms with Crippen LogP contribution in [0.1, 0.15) is 31.9 Å². The summed E-state index contributed by atoms with van der Waals surface area (Å²) in [5.41, 5.74) is 0.957. The summed E-state index contributed by atoms with van der Waals surface area (Å²) in [6, 6.07) is 1.99. The molecule has 16 heavy (non-hydrogen) atoms. The van der Waals surface area contributed by atoms with Crippen molar-refractivity contribution in [3.8, 4) is 0 Å². The minimum atomic E-state index is 0.651. The van der Waals surface area contributed by atoms with E-state index in [0.717, 1.165) is 18.1 Å². The second kappa shape index (κ2) is 4.92. The van der Waals surface area contributed by atoms with Crippen molar-refractivity contribution in [2.75, 3.05) is 11.9 Å². The Morgan fingerprint density at radius 3 is 3.06 bits per heavy atom. The van der Waals surface area contributed by atoms with E-state index in [-0.39, 0.29) is 0 Å². The van der Waals surface area contributed by atoms with Crippen LogP contribution in [-0.4, -0.2) is 26.1 Å². The maximum absolute atomic E-state index is 4.29. The first-order valence-corrected chi connectivity index (χ1v) is 5.72. The van der Waals surface area contributed by atoms with Gasteiger partial charge in [-0.05, 0) is 13.3 Å². The fourth-order valence-electron chi connectivity index (χ4n) is 1.65. The summed E-state index contributed by atoms with van der Waals surface area (Å²) in [5.74, 6) is 1.62. The highest BCUT2D eigenvalue weighted by atomic mass is 15.3. The Bertz CT molecular complexity index is 462. The first kappa shape index (κ1) is 10.9. The molecule has 0 bridgehead atoms. The van der Waals surface area contributed by atoms with Gasteiger partial charge in [0, 0.05) is 18.3 Å². The molecule has 5 nitrogen and oxygen atoms in total. The van der Waals surface area contributed by atoms with Gasteiger partial charge in [-0.2, -0.15) is 14.6 Å². The standard InChI is InChI=1S/C11H17N5/c1-3-4-5-6-12-10-7-9(2)15-11-13-8-14-16(10)11/h7-8,12H,3-6H2,1-2H3. The number of aromatic nitrogens is 4. The van der Waals surface area contributed by atoms with E-state index in [4.69, 9.17) is 0 Å². The number of rotatable bonds is 5. The van der Waals surface area contributed by atoms with Crippen molar-refractivity contribution in [3.63, 3.8) is 0 Å². The van der Waals surface area contributed by atoms with E-state index in [0.29, 0.717) is 5.78 Å². The van der Waals surface area contributed by atoms with E-state index < -0.39 is 0 Å². The Morgan fingerprint density at radius 2 is 2.25 bits per heavy atom. The molecule has 5 heteroatoms. The normalized spacial score (nSPS) is 10.9. The first-order chi connectivity index (χ1) is 7.81. The third kappa shape index (κ3) is 2.29. The SMILES string of the molecule is CCCCCNc1cc(C)nc2ncnn12. The van der Waals surface area contributed by atoms with E-state index in [1.807, 2.05) is 13.0 Å². The van der Waals surface area contributed by atoms with Crippen LogP contribution in [0.5, 0.6) is 0 Å². The van der Waals surface area contributed by atoms with Crippen molar-refractivity contribution >= 4 is 11.6 Å². The van der Waals surface area contributed by atoms with E-state index in [9.17, 15) is 0 Å². The van der Waals surface area contributed by atoms with Crippen molar-refractivity contribution in [1.82, 2.24) is 19.6 Å². The van der Waals surface area contributed by atoms with E-state index in [1.165, 1.54) is 25.6 Å². The zero-order valence-corrected chi connectivity index (χ0v) is 9.77. The van der Waals surface area contributed by atoms with Gasteiger partial charge in [-0.15, -0.1) is 0 Å². The quantitative estimate of drug-likeness (QED) is 0.782. The molecular formula is C11H17N5. The lowest BCUT2D eigenvalue weighted by Gasteiger charge is -2.07. The van der Waals surface area contributed by atoms with Gasteiger partial charge in [0.2, 0.25) is 0 Å². The summed E-state index contributed by atoms with van der Waals surface area (Å²) in [6.45, 7) is 5.13. The second-order valence-corrected chi connectivity index (χ2v) is 3.89. The van der Waals surface area contributed by atoms with Gasteiger partial charge in [0.15, 0.2) is 0 Å². The van der Waals surface area contributed by atoms with Crippen molar-refractivity contribution in [2.45, 2.75) is 33.1 Å². The molecule has 86 valence electrons. The Kier molecular flexibility index (Phi) is 3.34. The summed E-state index contributed by atoms with van der Waals surface area (Å²) in [6.07, 6.45) is 5.18. The molecule has 0 fully saturated rings. The predicted octanol–water partition coefficient (Wildman–Crippen LogP) is 2.03. The maximum Gasteiger partial charge on any atom is 0.254 e. The van der Waals surface area contributed by atoms with Crippen LogP contribution >= 0.6 is 0 Å². The summed E-state index contributed by atoms with van der Waals surface area (Å²) < 4.78 is 1.74. The lowest BCUT2D eigenvalue weighted by atomic mass is 10.2. The molecule has 0 amide bonds. The van der Waals surface area contributed by atoms with Crippen LogP contribution in [0.15, 0.2) is 12.4 Å². The number of nitrogens with zero attached hydrogens (tertiary/aromatic N) is 4. The van der Waals surface area contributed by atoms with Crippen LogP contribution in [0.2, 0.25) is 0 Å². The monoisotopic (exact) mass is 219 g/mol. The number of anilines is 1. The minimum Gasteiger partial charge on any atom is -0.370 e. The lowest BCUT2D eigenvalue weighted by Crippen LogP contribution is -2.08. The van der Waals surface area contributed by atoms with Crippen LogP contribution < -0.4 is 5.32 Å². The first-order valence-electron chi connectivity index (χ1n) is 5.72. The van der Waals surface area contributed by atoms with Crippen molar-refractivity contribution in [3.05, 3.63) is 18.1 Å².